The van der Waals surface area contributed by atoms with Gasteiger partial charge in [0.05, 0.1) is 16.5 Å². The zero-order chi connectivity index (χ0) is 30.3. The van der Waals surface area contributed by atoms with Crippen LogP contribution in [0.1, 0.15) is 67.9 Å². The molecule has 6 nitrogen and oxygen atoms in total. The van der Waals surface area contributed by atoms with Gasteiger partial charge in [0.2, 0.25) is 11.8 Å². The number of amides is 3. The lowest BCUT2D eigenvalue weighted by molar-refractivity contribution is -0.145. The molecule has 2 aliphatic rings. The van der Waals surface area contributed by atoms with Crippen LogP contribution >= 0.6 is 0 Å². The molecule has 1 unspecified atom stereocenters. The Labute approximate surface area is 235 Å². The van der Waals surface area contributed by atoms with Gasteiger partial charge in [0.15, 0.2) is 0 Å². The molecular weight excluding hydrogens is 545 g/mol. The Kier molecular flexibility index (Phi) is 8.47. The Morgan fingerprint density at radius 2 is 1.59 bits per heavy atom. The third kappa shape index (κ3) is 5.94. The summed E-state index contributed by atoms with van der Waals surface area (Å²) in [5.41, 5.74) is -1.91. The molecule has 3 amide bonds. The largest absolute Gasteiger partial charge is 0.416 e. The van der Waals surface area contributed by atoms with Gasteiger partial charge >= 0.3 is 6.18 Å². The van der Waals surface area contributed by atoms with Crippen molar-refractivity contribution in [3.05, 3.63) is 70.8 Å². The monoisotopic (exact) mass is 579 g/mol. The lowest BCUT2D eigenvalue weighted by Gasteiger charge is -2.42. The third-order valence-corrected chi connectivity index (χ3v) is 8.35. The molecule has 0 saturated carbocycles. The van der Waals surface area contributed by atoms with Gasteiger partial charge in [-0.2, -0.15) is 13.2 Å². The smallest absolute Gasteiger partial charge is 0.341 e. The fourth-order valence-corrected chi connectivity index (χ4v) is 5.95. The van der Waals surface area contributed by atoms with E-state index in [0.717, 1.165) is 5.56 Å². The van der Waals surface area contributed by atoms with E-state index < -0.39 is 52.3 Å². The molecule has 0 aliphatic carbocycles. The number of hydrogen-bond donors (Lipinski definition) is 1. The van der Waals surface area contributed by atoms with Gasteiger partial charge in [-0.3, -0.25) is 14.4 Å². The first kappa shape index (κ1) is 30.5. The van der Waals surface area contributed by atoms with E-state index in [1.807, 2.05) is 18.7 Å². The third-order valence-electron chi connectivity index (χ3n) is 8.35. The fraction of sp³-hybridized carbons (Fsp3) is 0.500. The second-order valence-electron chi connectivity index (χ2n) is 11.5. The Hall–Kier alpha value is -3.50. The minimum Gasteiger partial charge on any atom is -0.341 e. The minimum absolute atomic E-state index is 0.0114. The summed E-state index contributed by atoms with van der Waals surface area (Å²) in [6.07, 6.45) is -4.07. The second kappa shape index (κ2) is 11.4. The minimum atomic E-state index is -4.77. The maximum absolute atomic E-state index is 14.3. The van der Waals surface area contributed by atoms with Gasteiger partial charge in [-0.1, -0.05) is 26.0 Å². The van der Waals surface area contributed by atoms with Crippen molar-refractivity contribution in [2.75, 3.05) is 19.6 Å². The molecule has 2 heterocycles. The molecular formula is C30H34F5N3O3. The van der Waals surface area contributed by atoms with Crippen LogP contribution in [0.5, 0.6) is 0 Å². The number of nitrogens with zero attached hydrogens (tertiary/aromatic N) is 2. The summed E-state index contributed by atoms with van der Waals surface area (Å²) in [6, 6.07) is 6.50. The molecule has 1 spiro atoms. The van der Waals surface area contributed by atoms with E-state index in [9.17, 15) is 36.3 Å². The van der Waals surface area contributed by atoms with Crippen molar-refractivity contribution in [1.82, 2.24) is 15.1 Å². The lowest BCUT2D eigenvalue weighted by atomic mass is 9.68. The van der Waals surface area contributed by atoms with Crippen LogP contribution in [-0.4, -0.2) is 59.2 Å². The van der Waals surface area contributed by atoms with Crippen molar-refractivity contribution >= 4 is 17.7 Å². The maximum atomic E-state index is 14.3. The van der Waals surface area contributed by atoms with E-state index in [1.165, 1.54) is 17.0 Å². The number of carbonyl (C=O) groups is 3. The van der Waals surface area contributed by atoms with Crippen molar-refractivity contribution < 1.29 is 36.3 Å². The Morgan fingerprint density at radius 1 is 0.976 bits per heavy atom. The number of likely N-dealkylation sites (tertiary alicyclic amines) is 2. The molecule has 2 aromatic rings. The zero-order valence-electron chi connectivity index (χ0n) is 23.4. The molecule has 2 aromatic carbocycles. The summed E-state index contributed by atoms with van der Waals surface area (Å²) in [7, 11) is 0. The number of alkyl halides is 3. The van der Waals surface area contributed by atoms with Crippen LogP contribution in [0.15, 0.2) is 42.5 Å². The fourth-order valence-electron chi connectivity index (χ4n) is 5.95. The highest BCUT2D eigenvalue weighted by Gasteiger charge is 2.56. The molecule has 2 aliphatic heterocycles. The first-order valence-corrected chi connectivity index (χ1v) is 13.7. The standard InChI is InChI=1S/C30H34F5N3O3/c1-17(2)25(36-26(39)22-15-20(30(33,34)35)7-10-24(22)32)27(40)37-13-11-29(12-14-37)23(16-38(18(3)4)28(29)41)19-5-8-21(31)9-6-19/h5-10,15,17-18,23,25H,11-14,16H2,1-4H3,(H,36,39)/t23?,25-/m1/s1. The van der Waals surface area contributed by atoms with Crippen molar-refractivity contribution in [3.8, 4) is 0 Å². The summed E-state index contributed by atoms with van der Waals surface area (Å²) in [6.45, 7) is 8.10. The van der Waals surface area contributed by atoms with E-state index in [4.69, 9.17) is 0 Å². The molecule has 2 fully saturated rings. The van der Waals surface area contributed by atoms with Gasteiger partial charge in [-0.25, -0.2) is 8.78 Å². The second-order valence-corrected chi connectivity index (χ2v) is 11.5. The molecule has 11 heteroatoms. The van der Waals surface area contributed by atoms with Crippen molar-refractivity contribution in [1.29, 1.82) is 0 Å². The number of halogens is 5. The van der Waals surface area contributed by atoms with Crippen molar-refractivity contribution in [2.45, 2.75) is 64.7 Å². The van der Waals surface area contributed by atoms with Crippen LogP contribution in [0.25, 0.3) is 0 Å². The van der Waals surface area contributed by atoms with Gasteiger partial charge in [0.25, 0.3) is 5.91 Å². The van der Waals surface area contributed by atoms with E-state index in [0.29, 0.717) is 37.6 Å². The predicted molar refractivity (Wildman–Crippen MR) is 142 cm³/mol. The normalized spacial score (nSPS) is 19.8. The van der Waals surface area contributed by atoms with E-state index in [2.05, 4.69) is 5.32 Å². The molecule has 1 N–H and O–H groups in total. The predicted octanol–water partition coefficient (Wildman–Crippen LogP) is 5.38. The summed E-state index contributed by atoms with van der Waals surface area (Å²) in [5.74, 6) is -3.74. The average Bonchev–Trinajstić information content (AvgIpc) is 3.18. The van der Waals surface area contributed by atoms with Crippen molar-refractivity contribution in [3.63, 3.8) is 0 Å². The molecule has 0 aromatic heterocycles. The first-order chi connectivity index (χ1) is 19.2. The summed E-state index contributed by atoms with van der Waals surface area (Å²) < 4.78 is 67.4. The summed E-state index contributed by atoms with van der Waals surface area (Å²) in [5, 5.41) is 2.43. The Balaban J connectivity index is 1.53. The molecule has 222 valence electrons. The first-order valence-electron chi connectivity index (χ1n) is 13.7. The number of carbonyl (C=O) groups excluding carboxylic acids is 3. The number of piperidine rings is 1. The topological polar surface area (TPSA) is 69.7 Å². The van der Waals surface area contributed by atoms with E-state index >= 15 is 0 Å². The molecule has 0 radical (unpaired) electrons. The number of nitrogens with one attached hydrogen (secondary N) is 1. The Bertz CT molecular complexity index is 1300. The quantitative estimate of drug-likeness (QED) is 0.468. The molecule has 0 bridgehead atoms. The van der Waals surface area contributed by atoms with Crippen molar-refractivity contribution in [2.24, 2.45) is 11.3 Å². The van der Waals surface area contributed by atoms with Crippen LogP contribution in [0.3, 0.4) is 0 Å². The number of rotatable bonds is 6. The highest BCUT2D eigenvalue weighted by molar-refractivity contribution is 5.98. The summed E-state index contributed by atoms with van der Waals surface area (Å²) in [4.78, 5) is 43.5. The number of hydrogen-bond acceptors (Lipinski definition) is 3. The van der Waals surface area contributed by atoms with Gasteiger partial charge in [-0.15, -0.1) is 0 Å². The molecule has 2 saturated heterocycles. The van der Waals surface area contributed by atoms with E-state index in [-0.39, 0.29) is 36.8 Å². The number of benzene rings is 2. The van der Waals surface area contributed by atoms with E-state index in [1.54, 1.807) is 26.0 Å². The molecule has 2 atom stereocenters. The van der Waals surface area contributed by atoms with Gasteiger partial charge < -0.3 is 15.1 Å². The average molecular weight is 580 g/mol. The van der Waals surface area contributed by atoms with Crippen LogP contribution in [0, 0.1) is 23.0 Å². The van der Waals surface area contributed by atoms with Crippen LogP contribution in [0.2, 0.25) is 0 Å². The highest BCUT2D eigenvalue weighted by Crippen LogP contribution is 2.51. The van der Waals surface area contributed by atoms with Crippen LogP contribution in [-0.2, 0) is 15.8 Å². The maximum Gasteiger partial charge on any atom is 0.416 e. The van der Waals surface area contributed by atoms with Gasteiger partial charge in [-0.05, 0) is 68.5 Å². The zero-order valence-corrected chi connectivity index (χ0v) is 23.4. The van der Waals surface area contributed by atoms with Crippen LogP contribution < -0.4 is 5.32 Å². The Morgan fingerprint density at radius 3 is 2.12 bits per heavy atom. The SMILES string of the molecule is CC(C)[C@@H](NC(=O)c1cc(C(F)(F)F)ccc1F)C(=O)N1CCC2(CC1)C(=O)N(C(C)C)CC2c1ccc(F)cc1. The highest BCUT2D eigenvalue weighted by atomic mass is 19.4. The van der Waals surface area contributed by atoms with Gasteiger partial charge in [0, 0.05) is 31.6 Å². The molecule has 41 heavy (non-hydrogen) atoms. The van der Waals surface area contributed by atoms with Gasteiger partial charge in [0.1, 0.15) is 17.7 Å². The van der Waals surface area contributed by atoms with Crippen LogP contribution in [0.4, 0.5) is 22.0 Å². The summed E-state index contributed by atoms with van der Waals surface area (Å²) >= 11 is 0. The molecule has 4 rings (SSSR count). The lowest BCUT2D eigenvalue weighted by Crippen LogP contribution is -2.55.